The summed E-state index contributed by atoms with van der Waals surface area (Å²) in [6.45, 7) is 3.78. The molecule has 1 aromatic carbocycles. The number of carbonyl (C=O) groups excluding carboxylic acids is 3. The Morgan fingerprint density at radius 1 is 1.08 bits per heavy atom. The van der Waals surface area contributed by atoms with Crippen molar-refractivity contribution in [1.29, 1.82) is 0 Å². The van der Waals surface area contributed by atoms with Crippen LogP contribution in [0.1, 0.15) is 73.4 Å². The van der Waals surface area contributed by atoms with Crippen molar-refractivity contribution in [3.8, 4) is 5.75 Å². The number of hydrogen-bond acceptors (Lipinski definition) is 9. The molecule has 0 radical (unpaired) electrons. The Bertz CT molecular complexity index is 1350. The lowest BCUT2D eigenvalue weighted by Gasteiger charge is -2.53. The number of fused-ring (bicyclic) bond motifs is 3. The van der Waals surface area contributed by atoms with Gasteiger partial charge >= 0.3 is 0 Å². The molecule has 39 heavy (non-hydrogen) atoms. The van der Waals surface area contributed by atoms with E-state index in [1.807, 2.05) is 13.0 Å². The smallest absolute Gasteiger partial charge is 0.255 e. The van der Waals surface area contributed by atoms with Gasteiger partial charge in [-0.15, -0.1) is 0 Å². The molecular formula is C29H36N2O8. The number of rotatable bonds is 3. The van der Waals surface area contributed by atoms with Gasteiger partial charge < -0.3 is 31.3 Å². The maximum atomic E-state index is 14.1. The van der Waals surface area contributed by atoms with Crippen LogP contribution in [0.2, 0.25) is 0 Å². The lowest BCUT2D eigenvalue weighted by molar-refractivity contribution is -0.162. The van der Waals surface area contributed by atoms with Crippen LogP contribution in [-0.4, -0.2) is 79.7 Å². The van der Waals surface area contributed by atoms with Crippen molar-refractivity contribution < 1.29 is 39.9 Å². The zero-order chi connectivity index (χ0) is 28.8. The van der Waals surface area contributed by atoms with Gasteiger partial charge in [0.15, 0.2) is 11.4 Å². The Morgan fingerprint density at radius 3 is 2.26 bits per heavy atom. The molecule has 1 fully saturated rings. The van der Waals surface area contributed by atoms with E-state index in [0.29, 0.717) is 11.1 Å². The summed E-state index contributed by atoms with van der Waals surface area (Å²) in [5, 5.41) is 57.4. The molecule has 4 aliphatic carbocycles. The second kappa shape index (κ2) is 8.90. The van der Waals surface area contributed by atoms with Crippen LogP contribution in [0.4, 0.5) is 0 Å². The number of aliphatic hydroxyl groups is 4. The van der Waals surface area contributed by atoms with Gasteiger partial charge in [0.05, 0.1) is 23.6 Å². The Labute approximate surface area is 226 Å². The number of aliphatic hydroxyl groups excluding tert-OH is 3. The van der Waals surface area contributed by atoms with Gasteiger partial charge in [-0.05, 0) is 43.8 Å². The summed E-state index contributed by atoms with van der Waals surface area (Å²) in [6.07, 6.45) is 3.15. The van der Waals surface area contributed by atoms with E-state index >= 15 is 0 Å². The average Bonchev–Trinajstić information content (AvgIpc) is 2.86. The van der Waals surface area contributed by atoms with Crippen LogP contribution in [0.15, 0.2) is 34.8 Å². The first kappa shape index (κ1) is 27.4. The zero-order valence-electron chi connectivity index (χ0n) is 22.6. The molecule has 0 heterocycles. The van der Waals surface area contributed by atoms with Crippen LogP contribution in [0.25, 0.3) is 0 Å². The maximum Gasteiger partial charge on any atom is 0.255 e. The van der Waals surface area contributed by atoms with Gasteiger partial charge in [0, 0.05) is 17.1 Å². The highest BCUT2D eigenvalue weighted by atomic mass is 16.4. The Morgan fingerprint density at radius 2 is 1.69 bits per heavy atom. The predicted octanol–water partition coefficient (Wildman–Crippen LogP) is 1.87. The third-order valence-corrected chi connectivity index (χ3v) is 9.74. The minimum Gasteiger partial charge on any atom is -0.510 e. The molecular weight excluding hydrogens is 504 g/mol. The van der Waals surface area contributed by atoms with Crippen LogP contribution in [0.3, 0.4) is 0 Å². The minimum absolute atomic E-state index is 0.0280. The number of aromatic hydroxyl groups is 1. The van der Waals surface area contributed by atoms with E-state index in [9.17, 15) is 39.9 Å². The number of nitrogens with zero attached hydrogens (tertiary/aromatic N) is 1. The van der Waals surface area contributed by atoms with E-state index in [-0.39, 0.29) is 16.7 Å². The Hall–Kier alpha value is -3.21. The monoisotopic (exact) mass is 540 g/mol. The van der Waals surface area contributed by atoms with Crippen molar-refractivity contribution in [2.45, 2.75) is 75.0 Å². The van der Waals surface area contributed by atoms with E-state index in [1.54, 1.807) is 13.0 Å². The van der Waals surface area contributed by atoms with Gasteiger partial charge in [-0.1, -0.05) is 45.2 Å². The van der Waals surface area contributed by atoms with Crippen LogP contribution >= 0.6 is 0 Å². The van der Waals surface area contributed by atoms with Gasteiger partial charge in [-0.2, -0.15) is 0 Å². The number of nitrogens with two attached hydrogens (primary N) is 1. The molecule has 6 unspecified atom stereocenters. The van der Waals surface area contributed by atoms with Crippen LogP contribution in [0.5, 0.6) is 5.75 Å². The molecule has 0 aliphatic heterocycles. The highest BCUT2D eigenvalue weighted by Crippen LogP contribution is 2.56. The van der Waals surface area contributed by atoms with Crippen molar-refractivity contribution in [3.05, 3.63) is 51.5 Å². The normalized spacial score (nSPS) is 34.1. The van der Waals surface area contributed by atoms with Crippen molar-refractivity contribution >= 4 is 17.5 Å². The first-order valence-electron chi connectivity index (χ1n) is 13.4. The SMILES string of the molecule is CC1c2ccc(C3(C)CCCCC3)c(O)c2C(=O)C2=C(O)C3(O)C(=O)C(C(N)=O)=C(O)C(N(C)C)C3C(O)C21. The van der Waals surface area contributed by atoms with Crippen molar-refractivity contribution in [2.24, 2.45) is 17.6 Å². The zero-order valence-corrected chi connectivity index (χ0v) is 22.6. The summed E-state index contributed by atoms with van der Waals surface area (Å²) in [5.74, 6) is -8.64. The molecule has 1 amide bonds. The predicted molar refractivity (Wildman–Crippen MR) is 140 cm³/mol. The molecule has 0 bridgehead atoms. The fraction of sp³-hybridized carbons (Fsp3) is 0.552. The van der Waals surface area contributed by atoms with Gasteiger partial charge in [0.25, 0.3) is 5.91 Å². The number of amides is 1. The Kier molecular flexibility index (Phi) is 6.25. The molecule has 1 saturated carbocycles. The lowest BCUT2D eigenvalue weighted by atomic mass is 9.55. The molecule has 0 aromatic heterocycles. The third-order valence-electron chi connectivity index (χ3n) is 9.74. The number of phenols is 1. The molecule has 10 nitrogen and oxygen atoms in total. The van der Waals surface area contributed by atoms with Gasteiger partial charge in [0.1, 0.15) is 22.8 Å². The number of primary amides is 1. The molecule has 4 aliphatic rings. The summed E-state index contributed by atoms with van der Waals surface area (Å²) in [4.78, 5) is 41.1. The average molecular weight is 541 g/mol. The number of hydrogen-bond donors (Lipinski definition) is 6. The number of benzene rings is 1. The van der Waals surface area contributed by atoms with Crippen molar-refractivity contribution in [2.75, 3.05) is 14.1 Å². The summed E-state index contributed by atoms with van der Waals surface area (Å²) < 4.78 is 0. The largest absolute Gasteiger partial charge is 0.510 e. The Balaban J connectivity index is 1.75. The highest BCUT2D eigenvalue weighted by molar-refractivity contribution is 6.25. The van der Waals surface area contributed by atoms with E-state index in [4.69, 9.17) is 5.73 Å². The van der Waals surface area contributed by atoms with Crippen LogP contribution < -0.4 is 5.73 Å². The molecule has 6 atom stereocenters. The second-order valence-corrected chi connectivity index (χ2v) is 12.1. The summed E-state index contributed by atoms with van der Waals surface area (Å²) in [6, 6.07) is 2.32. The molecule has 210 valence electrons. The first-order valence-corrected chi connectivity index (χ1v) is 13.4. The first-order chi connectivity index (χ1) is 18.2. The maximum absolute atomic E-state index is 14.1. The van der Waals surface area contributed by atoms with Gasteiger partial charge in [-0.3, -0.25) is 19.3 Å². The third kappa shape index (κ3) is 3.47. The molecule has 1 aromatic rings. The van der Waals surface area contributed by atoms with Gasteiger partial charge in [0.2, 0.25) is 5.78 Å². The van der Waals surface area contributed by atoms with E-state index < -0.39 is 75.6 Å². The van der Waals surface area contributed by atoms with E-state index in [2.05, 4.69) is 0 Å². The molecule has 5 rings (SSSR count). The number of Topliss-reactive ketones (excluding diaryl/α,β-unsaturated/α-hetero) is 2. The molecule has 7 N–H and O–H groups in total. The second-order valence-electron chi connectivity index (χ2n) is 12.1. The van der Waals surface area contributed by atoms with E-state index in [0.717, 1.165) is 32.1 Å². The molecule has 0 spiro atoms. The molecule has 10 heteroatoms. The number of carbonyl (C=O) groups is 3. The van der Waals surface area contributed by atoms with E-state index in [1.165, 1.54) is 19.0 Å². The fourth-order valence-electron chi connectivity index (χ4n) is 7.71. The summed E-state index contributed by atoms with van der Waals surface area (Å²) >= 11 is 0. The fourth-order valence-corrected chi connectivity index (χ4v) is 7.71. The summed E-state index contributed by atoms with van der Waals surface area (Å²) in [5.41, 5.74) is 1.89. The van der Waals surface area contributed by atoms with Crippen molar-refractivity contribution in [1.82, 2.24) is 4.90 Å². The number of likely N-dealkylation sites (N-methyl/N-ethyl adjacent to an activating group) is 1. The standard InChI is InChI=1S/C29H36N2O8/c1-12-13-8-9-14(28(2)10-6-5-7-11-28)21(32)16(13)22(33)17-15(12)23(34)19-20(31(3)4)24(35)18(27(30)38)26(37)29(19,39)25(17)36/h8-9,12,15,19-20,23,32,34-36,39H,5-7,10-11H2,1-4H3,(H2,30,38). The number of phenolic OH excluding ortho intramolecular Hbond substituents is 1. The minimum atomic E-state index is -2.91. The van der Waals surface area contributed by atoms with Crippen LogP contribution in [-0.2, 0) is 15.0 Å². The number of ketones is 2. The van der Waals surface area contributed by atoms with Crippen molar-refractivity contribution in [3.63, 3.8) is 0 Å². The highest BCUT2D eigenvalue weighted by Gasteiger charge is 2.67. The summed E-state index contributed by atoms with van der Waals surface area (Å²) in [7, 11) is 3.02. The van der Waals surface area contributed by atoms with Gasteiger partial charge in [-0.25, -0.2) is 0 Å². The quantitative estimate of drug-likeness (QED) is 0.312. The lowest BCUT2D eigenvalue weighted by Crippen LogP contribution is -2.68. The van der Waals surface area contributed by atoms with Crippen LogP contribution in [0, 0.1) is 11.8 Å². The molecule has 0 saturated heterocycles. The topological polar surface area (TPSA) is 182 Å².